The van der Waals surface area contributed by atoms with Gasteiger partial charge in [0.15, 0.2) is 0 Å². The van der Waals surface area contributed by atoms with Crippen molar-refractivity contribution in [2.24, 2.45) is 5.41 Å². The van der Waals surface area contributed by atoms with Gasteiger partial charge in [0, 0.05) is 17.9 Å². The van der Waals surface area contributed by atoms with Gasteiger partial charge in [-0.05, 0) is 36.6 Å². The molecule has 0 bridgehead atoms. The maximum absolute atomic E-state index is 10.4. The molecule has 19 heavy (non-hydrogen) atoms. The summed E-state index contributed by atoms with van der Waals surface area (Å²) in [5.41, 5.74) is 0.879. The highest BCUT2D eigenvalue weighted by Crippen LogP contribution is 2.48. The Morgan fingerprint density at radius 1 is 1.42 bits per heavy atom. The third-order valence-electron chi connectivity index (χ3n) is 3.25. The van der Waals surface area contributed by atoms with Gasteiger partial charge in [-0.25, -0.2) is 4.79 Å². The van der Waals surface area contributed by atoms with Crippen LogP contribution in [0.2, 0.25) is 0 Å². The van der Waals surface area contributed by atoms with E-state index in [-0.39, 0.29) is 5.41 Å². The Hall–Kier alpha value is -2.28. The number of rotatable bonds is 6. The van der Waals surface area contributed by atoms with E-state index in [4.69, 9.17) is 15.1 Å². The van der Waals surface area contributed by atoms with E-state index in [1.807, 2.05) is 12.1 Å². The van der Waals surface area contributed by atoms with E-state index in [2.05, 4.69) is 6.07 Å². The fourth-order valence-electron chi connectivity index (χ4n) is 1.80. The van der Waals surface area contributed by atoms with Crippen LogP contribution in [-0.2, 0) is 4.79 Å². The average Bonchev–Trinajstić information content (AvgIpc) is 3.16. The van der Waals surface area contributed by atoms with Crippen molar-refractivity contribution in [3.05, 3.63) is 35.9 Å². The van der Waals surface area contributed by atoms with Crippen molar-refractivity contribution in [2.75, 3.05) is 6.61 Å². The normalized spacial score (nSPS) is 15.9. The van der Waals surface area contributed by atoms with Gasteiger partial charge >= 0.3 is 5.97 Å². The maximum atomic E-state index is 10.4. The Bertz CT molecular complexity index is 521. The van der Waals surface area contributed by atoms with Gasteiger partial charge in [0.1, 0.15) is 5.75 Å². The minimum atomic E-state index is -0.965. The summed E-state index contributed by atoms with van der Waals surface area (Å²) in [6.45, 7) is 0.574. The smallest absolute Gasteiger partial charge is 0.328 e. The zero-order valence-electron chi connectivity index (χ0n) is 10.5. The van der Waals surface area contributed by atoms with E-state index in [1.54, 1.807) is 12.1 Å². The Balaban J connectivity index is 1.89. The lowest BCUT2D eigenvalue weighted by molar-refractivity contribution is -0.131. The molecule has 0 aromatic heterocycles. The largest absolute Gasteiger partial charge is 0.493 e. The molecule has 0 radical (unpaired) electrons. The molecule has 0 aliphatic heterocycles. The fourth-order valence-corrected chi connectivity index (χ4v) is 1.80. The van der Waals surface area contributed by atoms with Gasteiger partial charge in [-0.3, -0.25) is 0 Å². The number of nitrogens with zero attached hydrogens (tertiary/aromatic N) is 1. The first-order valence-electron chi connectivity index (χ1n) is 6.14. The second-order valence-electron chi connectivity index (χ2n) is 4.86. The summed E-state index contributed by atoms with van der Waals surface area (Å²) in [7, 11) is 0. The number of ether oxygens (including phenoxy) is 1. The van der Waals surface area contributed by atoms with Crippen molar-refractivity contribution in [3.8, 4) is 11.8 Å². The second-order valence-corrected chi connectivity index (χ2v) is 4.86. The van der Waals surface area contributed by atoms with Crippen LogP contribution in [-0.4, -0.2) is 17.7 Å². The molecule has 2 rings (SSSR count). The number of carboxylic acid groups (broad SMARTS) is 1. The Labute approximate surface area is 111 Å². The van der Waals surface area contributed by atoms with E-state index in [9.17, 15) is 4.79 Å². The summed E-state index contributed by atoms with van der Waals surface area (Å²) in [5.74, 6) is -0.218. The van der Waals surface area contributed by atoms with Crippen LogP contribution in [0.25, 0.3) is 6.08 Å². The van der Waals surface area contributed by atoms with Crippen molar-refractivity contribution < 1.29 is 14.6 Å². The molecule has 1 aromatic carbocycles. The quantitative estimate of drug-likeness (QED) is 0.795. The van der Waals surface area contributed by atoms with E-state index >= 15 is 0 Å². The molecule has 1 fully saturated rings. The van der Waals surface area contributed by atoms with Crippen LogP contribution in [0, 0.1) is 16.7 Å². The van der Waals surface area contributed by atoms with Crippen molar-refractivity contribution in [1.82, 2.24) is 0 Å². The summed E-state index contributed by atoms with van der Waals surface area (Å²) >= 11 is 0. The number of aliphatic carboxylic acids is 1. The van der Waals surface area contributed by atoms with Gasteiger partial charge in [-0.15, -0.1) is 0 Å². The molecule has 0 amide bonds. The molecular weight excluding hydrogens is 242 g/mol. The van der Waals surface area contributed by atoms with Gasteiger partial charge in [0.25, 0.3) is 0 Å². The lowest BCUT2D eigenvalue weighted by Crippen LogP contribution is -2.12. The minimum Gasteiger partial charge on any atom is -0.493 e. The topological polar surface area (TPSA) is 70.3 Å². The van der Waals surface area contributed by atoms with Crippen LogP contribution in [0.5, 0.6) is 5.75 Å². The number of carboxylic acids is 1. The first kappa shape index (κ1) is 13.2. The molecule has 98 valence electrons. The van der Waals surface area contributed by atoms with Crippen LogP contribution in [0.1, 0.15) is 24.8 Å². The maximum Gasteiger partial charge on any atom is 0.328 e. The van der Waals surface area contributed by atoms with Gasteiger partial charge in [-0.2, -0.15) is 5.26 Å². The number of hydrogen-bond acceptors (Lipinski definition) is 3. The number of carbonyl (C=O) groups is 1. The van der Waals surface area contributed by atoms with Crippen LogP contribution in [0.4, 0.5) is 0 Å². The molecular formula is C15H15NO3. The van der Waals surface area contributed by atoms with Crippen molar-refractivity contribution in [3.63, 3.8) is 0 Å². The van der Waals surface area contributed by atoms with Gasteiger partial charge in [0.2, 0.25) is 0 Å². The lowest BCUT2D eigenvalue weighted by atomic mass is 10.1. The molecule has 1 N–H and O–H groups in total. The number of benzene rings is 1. The molecule has 1 aliphatic carbocycles. The Morgan fingerprint density at radius 2 is 2.11 bits per heavy atom. The second kappa shape index (κ2) is 5.57. The van der Waals surface area contributed by atoms with Crippen LogP contribution in [0.15, 0.2) is 30.3 Å². The van der Waals surface area contributed by atoms with Crippen molar-refractivity contribution in [1.29, 1.82) is 5.26 Å². The van der Waals surface area contributed by atoms with Crippen LogP contribution >= 0.6 is 0 Å². The summed E-state index contributed by atoms with van der Waals surface area (Å²) in [5, 5.41) is 17.2. The van der Waals surface area contributed by atoms with Gasteiger partial charge < -0.3 is 9.84 Å². The van der Waals surface area contributed by atoms with E-state index < -0.39 is 5.97 Å². The predicted octanol–water partition coefficient (Wildman–Crippen LogP) is 2.86. The Morgan fingerprint density at radius 3 is 2.63 bits per heavy atom. The highest BCUT2D eigenvalue weighted by molar-refractivity contribution is 5.85. The summed E-state index contributed by atoms with van der Waals surface area (Å²) in [4.78, 5) is 10.4. The average molecular weight is 257 g/mol. The highest BCUT2D eigenvalue weighted by atomic mass is 16.5. The third kappa shape index (κ3) is 3.85. The first-order chi connectivity index (χ1) is 9.13. The standard InChI is InChI=1S/C15H15NO3/c16-10-9-15(7-8-15)11-19-13-4-1-12(2-5-13)3-6-14(17)18/h1-6H,7-9,11H2,(H,17,18). The molecule has 4 nitrogen and oxygen atoms in total. The fraction of sp³-hybridized carbons (Fsp3) is 0.333. The zero-order chi connectivity index (χ0) is 13.7. The summed E-state index contributed by atoms with van der Waals surface area (Å²) in [6.07, 6.45) is 5.29. The summed E-state index contributed by atoms with van der Waals surface area (Å²) in [6, 6.07) is 9.43. The van der Waals surface area contributed by atoms with E-state index in [1.165, 1.54) is 6.08 Å². The first-order valence-corrected chi connectivity index (χ1v) is 6.14. The molecule has 1 aromatic rings. The molecule has 1 saturated carbocycles. The third-order valence-corrected chi connectivity index (χ3v) is 3.25. The van der Waals surface area contributed by atoms with Crippen molar-refractivity contribution >= 4 is 12.0 Å². The lowest BCUT2D eigenvalue weighted by Gasteiger charge is -2.12. The number of hydrogen-bond donors (Lipinski definition) is 1. The molecule has 4 heteroatoms. The Kier molecular flexibility index (Phi) is 3.86. The van der Waals surface area contributed by atoms with Crippen molar-refractivity contribution in [2.45, 2.75) is 19.3 Å². The van der Waals surface area contributed by atoms with Gasteiger partial charge in [0.05, 0.1) is 12.7 Å². The monoisotopic (exact) mass is 257 g/mol. The van der Waals surface area contributed by atoms with Crippen LogP contribution in [0.3, 0.4) is 0 Å². The minimum absolute atomic E-state index is 0.0661. The molecule has 0 unspecified atom stereocenters. The molecule has 0 saturated heterocycles. The van der Waals surface area contributed by atoms with E-state index in [0.717, 1.165) is 30.2 Å². The molecule has 0 spiro atoms. The SMILES string of the molecule is N#CCC1(COc2ccc(C=CC(=O)O)cc2)CC1. The highest BCUT2D eigenvalue weighted by Gasteiger charge is 2.43. The van der Waals surface area contributed by atoms with E-state index in [0.29, 0.717) is 13.0 Å². The molecule has 1 aliphatic rings. The van der Waals surface area contributed by atoms with Gasteiger partial charge in [-0.1, -0.05) is 12.1 Å². The predicted molar refractivity (Wildman–Crippen MR) is 70.5 cm³/mol. The van der Waals surface area contributed by atoms with Crippen LogP contribution < -0.4 is 4.74 Å². The zero-order valence-corrected chi connectivity index (χ0v) is 10.5. The molecule has 0 heterocycles. The number of nitriles is 1. The summed E-state index contributed by atoms with van der Waals surface area (Å²) < 4.78 is 5.67. The molecule has 0 atom stereocenters.